The normalized spacial score (nSPS) is 10.2. The van der Waals surface area contributed by atoms with Crippen molar-refractivity contribution in [3.05, 3.63) is 42.0 Å². The lowest BCUT2D eigenvalue weighted by Gasteiger charge is -2.12. The Labute approximate surface area is 100 Å². The highest BCUT2D eigenvalue weighted by Crippen LogP contribution is 2.27. The van der Waals surface area contributed by atoms with Gasteiger partial charge in [0.1, 0.15) is 5.75 Å². The molecule has 1 N–H and O–H groups in total. The first-order valence-corrected chi connectivity index (χ1v) is 5.51. The van der Waals surface area contributed by atoms with Gasteiger partial charge in [0, 0.05) is 19.0 Å². The first kappa shape index (κ1) is 11.5. The first-order valence-electron chi connectivity index (χ1n) is 5.51. The molecule has 17 heavy (non-hydrogen) atoms. The summed E-state index contributed by atoms with van der Waals surface area (Å²) in [5.41, 5.74) is 1.01. The van der Waals surface area contributed by atoms with E-state index in [2.05, 4.69) is 5.32 Å². The van der Waals surface area contributed by atoms with Gasteiger partial charge < -0.3 is 10.1 Å². The fraction of sp³-hybridized carbons (Fsp3) is 0.214. The van der Waals surface area contributed by atoms with Gasteiger partial charge >= 0.3 is 0 Å². The molecule has 0 atom stereocenters. The second-order valence-corrected chi connectivity index (χ2v) is 3.88. The number of nitrogens with one attached hydrogen (secondary N) is 1. The predicted molar refractivity (Wildman–Crippen MR) is 68.0 cm³/mol. The van der Waals surface area contributed by atoms with Gasteiger partial charge in [0.15, 0.2) is 0 Å². The van der Waals surface area contributed by atoms with Crippen LogP contribution in [0.3, 0.4) is 0 Å². The van der Waals surface area contributed by atoms with Gasteiger partial charge in [-0.25, -0.2) is 0 Å². The van der Waals surface area contributed by atoms with E-state index < -0.39 is 0 Å². The Morgan fingerprint density at radius 2 is 2.00 bits per heavy atom. The number of methoxy groups -OCH3 is 1. The number of amides is 1. The maximum atomic E-state index is 11.0. The van der Waals surface area contributed by atoms with Crippen LogP contribution < -0.4 is 10.1 Å². The molecule has 88 valence electrons. The molecule has 0 heterocycles. The van der Waals surface area contributed by atoms with Gasteiger partial charge in [-0.1, -0.05) is 30.3 Å². The Balaban J connectivity index is 2.50. The van der Waals surface area contributed by atoms with Crippen LogP contribution in [-0.4, -0.2) is 13.0 Å². The average molecular weight is 229 g/mol. The molecule has 0 aliphatic heterocycles. The fourth-order valence-corrected chi connectivity index (χ4v) is 1.90. The smallest absolute Gasteiger partial charge is 0.217 e. The van der Waals surface area contributed by atoms with Crippen LogP contribution in [0.4, 0.5) is 0 Å². The number of carbonyl (C=O) groups is 1. The van der Waals surface area contributed by atoms with Crippen molar-refractivity contribution in [2.24, 2.45) is 0 Å². The van der Waals surface area contributed by atoms with Crippen molar-refractivity contribution in [3.8, 4) is 5.75 Å². The quantitative estimate of drug-likeness (QED) is 0.878. The molecule has 0 aliphatic rings. The molecule has 0 spiro atoms. The summed E-state index contributed by atoms with van der Waals surface area (Å²) in [4.78, 5) is 11.0. The van der Waals surface area contributed by atoms with Crippen LogP contribution in [0.1, 0.15) is 12.5 Å². The molecule has 0 saturated carbocycles. The summed E-state index contributed by atoms with van der Waals surface area (Å²) in [6, 6.07) is 12.0. The molecule has 0 bridgehead atoms. The fourth-order valence-electron chi connectivity index (χ4n) is 1.90. The molecule has 0 aromatic heterocycles. The minimum atomic E-state index is -0.0417. The van der Waals surface area contributed by atoms with E-state index in [9.17, 15) is 4.79 Å². The van der Waals surface area contributed by atoms with Crippen molar-refractivity contribution >= 4 is 16.7 Å². The zero-order valence-corrected chi connectivity index (χ0v) is 9.99. The highest BCUT2D eigenvalue weighted by Gasteiger charge is 2.08. The van der Waals surface area contributed by atoms with Gasteiger partial charge in [0.05, 0.1) is 7.11 Å². The third-order valence-corrected chi connectivity index (χ3v) is 2.73. The van der Waals surface area contributed by atoms with E-state index in [0.29, 0.717) is 6.54 Å². The van der Waals surface area contributed by atoms with Gasteiger partial charge in [-0.3, -0.25) is 4.79 Å². The molecule has 0 radical (unpaired) electrons. The van der Waals surface area contributed by atoms with E-state index in [4.69, 9.17) is 4.74 Å². The number of carbonyl (C=O) groups excluding carboxylic acids is 1. The lowest BCUT2D eigenvalue weighted by atomic mass is 10.0. The highest BCUT2D eigenvalue weighted by molar-refractivity contribution is 5.88. The Hall–Kier alpha value is -2.03. The van der Waals surface area contributed by atoms with Crippen molar-refractivity contribution in [2.75, 3.05) is 7.11 Å². The van der Waals surface area contributed by atoms with Gasteiger partial charge in [-0.2, -0.15) is 0 Å². The third-order valence-electron chi connectivity index (χ3n) is 2.73. The van der Waals surface area contributed by atoms with E-state index in [1.165, 1.54) is 6.92 Å². The van der Waals surface area contributed by atoms with E-state index in [0.717, 1.165) is 22.1 Å². The SMILES string of the molecule is COc1ccc2ccccc2c1CNC(C)=O. The lowest BCUT2D eigenvalue weighted by molar-refractivity contribution is -0.119. The van der Waals surface area contributed by atoms with Crippen LogP contribution in [0.15, 0.2) is 36.4 Å². The summed E-state index contributed by atoms with van der Waals surface area (Å²) in [6.07, 6.45) is 0. The molecular weight excluding hydrogens is 214 g/mol. The molecule has 3 nitrogen and oxygen atoms in total. The largest absolute Gasteiger partial charge is 0.496 e. The van der Waals surface area contributed by atoms with Crippen LogP contribution in [0, 0.1) is 0 Å². The Bertz CT molecular complexity index is 549. The molecule has 3 heteroatoms. The Morgan fingerprint density at radius 1 is 1.24 bits per heavy atom. The Morgan fingerprint density at radius 3 is 2.71 bits per heavy atom. The van der Waals surface area contributed by atoms with Crippen LogP contribution in [0.25, 0.3) is 10.8 Å². The molecule has 0 fully saturated rings. The summed E-state index contributed by atoms with van der Waals surface area (Å²) < 4.78 is 5.33. The van der Waals surface area contributed by atoms with Crippen molar-refractivity contribution in [3.63, 3.8) is 0 Å². The zero-order chi connectivity index (χ0) is 12.3. The van der Waals surface area contributed by atoms with E-state index in [1.807, 2.05) is 36.4 Å². The summed E-state index contributed by atoms with van der Waals surface area (Å²) in [7, 11) is 1.64. The predicted octanol–water partition coefficient (Wildman–Crippen LogP) is 2.48. The van der Waals surface area contributed by atoms with Crippen molar-refractivity contribution < 1.29 is 9.53 Å². The third kappa shape index (κ3) is 2.38. The monoisotopic (exact) mass is 229 g/mol. The summed E-state index contributed by atoms with van der Waals surface area (Å²) >= 11 is 0. The maximum Gasteiger partial charge on any atom is 0.217 e. The molecule has 0 unspecified atom stereocenters. The Kier molecular flexibility index (Phi) is 3.28. The minimum absolute atomic E-state index is 0.0417. The van der Waals surface area contributed by atoms with Gasteiger partial charge in [0.2, 0.25) is 5.91 Å². The maximum absolute atomic E-state index is 11.0. The minimum Gasteiger partial charge on any atom is -0.496 e. The van der Waals surface area contributed by atoms with Crippen LogP contribution in [0.2, 0.25) is 0 Å². The van der Waals surface area contributed by atoms with Gasteiger partial charge in [0.25, 0.3) is 0 Å². The second kappa shape index (κ2) is 4.87. The van der Waals surface area contributed by atoms with Crippen LogP contribution in [0.5, 0.6) is 5.75 Å². The zero-order valence-electron chi connectivity index (χ0n) is 9.99. The average Bonchev–Trinajstić information content (AvgIpc) is 2.35. The second-order valence-electron chi connectivity index (χ2n) is 3.88. The van der Waals surface area contributed by atoms with E-state index in [1.54, 1.807) is 7.11 Å². The number of hydrogen-bond donors (Lipinski definition) is 1. The molecular formula is C14H15NO2. The summed E-state index contributed by atoms with van der Waals surface area (Å²) in [6.45, 7) is 2.00. The van der Waals surface area contributed by atoms with E-state index in [-0.39, 0.29) is 5.91 Å². The van der Waals surface area contributed by atoms with Crippen LogP contribution >= 0.6 is 0 Å². The molecule has 0 saturated heterocycles. The molecule has 2 aromatic carbocycles. The summed E-state index contributed by atoms with van der Waals surface area (Å²) in [5, 5.41) is 5.07. The van der Waals surface area contributed by atoms with Crippen molar-refractivity contribution in [1.82, 2.24) is 5.32 Å². The van der Waals surface area contributed by atoms with Crippen molar-refractivity contribution in [2.45, 2.75) is 13.5 Å². The summed E-state index contributed by atoms with van der Waals surface area (Å²) in [5.74, 6) is 0.762. The van der Waals surface area contributed by atoms with Gasteiger partial charge in [-0.05, 0) is 16.8 Å². The van der Waals surface area contributed by atoms with Crippen LogP contribution in [-0.2, 0) is 11.3 Å². The highest BCUT2D eigenvalue weighted by atomic mass is 16.5. The molecule has 1 amide bonds. The number of ether oxygens (including phenoxy) is 1. The molecule has 0 aliphatic carbocycles. The first-order chi connectivity index (χ1) is 8.22. The molecule has 2 rings (SSSR count). The van der Waals surface area contributed by atoms with Gasteiger partial charge in [-0.15, -0.1) is 0 Å². The topological polar surface area (TPSA) is 38.3 Å². The van der Waals surface area contributed by atoms with E-state index >= 15 is 0 Å². The van der Waals surface area contributed by atoms with Crippen molar-refractivity contribution in [1.29, 1.82) is 0 Å². The lowest BCUT2D eigenvalue weighted by Crippen LogP contribution is -2.19. The molecule has 2 aromatic rings. The number of rotatable bonds is 3. The number of hydrogen-bond acceptors (Lipinski definition) is 2. The standard InChI is InChI=1S/C14H15NO2/c1-10(16)15-9-13-12-6-4-3-5-11(12)7-8-14(13)17-2/h3-8H,9H2,1-2H3,(H,15,16). The number of benzene rings is 2. The number of fused-ring (bicyclic) bond motifs is 1.